The van der Waals surface area contributed by atoms with E-state index in [1.807, 2.05) is 25.2 Å². The molecule has 0 aromatic heterocycles. The van der Waals surface area contributed by atoms with E-state index < -0.39 is 5.97 Å². The number of benzene rings is 1. The molecular formula is C13H18BrNO3. The van der Waals surface area contributed by atoms with Gasteiger partial charge in [0.05, 0.1) is 11.6 Å². The van der Waals surface area contributed by atoms with Crippen LogP contribution in [0.25, 0.3) is 0 Å². The van der Waals surface area contributed by atoms with Gasteiger partial charge in [0.2, 0.25) is 0 Å². The molecule has 0 saturated carbocycles. The summed E-state index contributed by atoms with van der Waals surface area (Å²) < 4.78 is 6.08. The van der Waals surface area contributed by atoms with Gasteiger partial charge in [-0.2, -0.15) is 0 Å². The fourth-order valence-electron chi connectivity index (χ4n) is 1.83. The maximum Gasteiger partial charge on any atom is 0.303 e. The van der Waals surface area contributed by atoms with E-state index in [0.717, 1.165) is 22.2 Å². The van der Waals surface area contributed by atoms with Crippen LogP contribution in [-0.4, -0.2) is 25.2 Å². The number of carbonyl (C=O) groups is 1. The Labute approximate surface area is 115 Å². The molecule has 0 aliphatic heterocycles. The van der Waals surface area contributed by atoms with Crippen molar-refractivity contribution in [1.29, 1.82) is 0 Å². The highest BCUT2D eigenvalue weighted by Gasteiger charge is 2.11. The predicted molar refractivity (Wildman–Crippen MR) is 74.0 cm³/mol. The molecule has 100 valence electrons. The molecule has 0 spiro atoms. The lowest BCUT2D eigenvalue weighted by molar-refractivity contribution is -0.137. The molecule has 5 heteroatoms. The number of methoxy groups -OCH3 is 1. The number of nitrogens with one attached hydrogen (secondary N) is 1. The first-order valence-electron chi connectivity index (χ1n) is 5.81. The minimum atomic E-state index is -0.749. The van der Waals surface area contributed by atoms with Gasteiger partial charge in [0.25, 0.3) is 0 Å². The molecule has 0 radical (unpaired) electrons. The molecule has 4 nitrogen and oxygen atoms in total. The second-order valence-corrected chi connectivity index (χ2v) is 4.88. The summed E-state index contributed by atoms with van der Waals surface area (Å²) in [4.78, 5) is 10.5. The minimum absolute atomic E-state index is 0.159. The van der Waals surface area contributed by atoms with E-state index in [1.165, 1.54) is 0 Å². The molecule has 0 aliphatic carbocycles. The molecule has 1 atom stereocenters. The standard InChI is InChI=1S/C13H18BrNO3/c1-15-11(4-3-5-13(16)17)9-6-7-12(18-2)10(14)8-9/h6-8,11,15H,3-5H2,1-2H3,(H,16,17). The van der Waals surface area contributed by atoms with Crippen molar-refractivity contribution in [2.45, 2.75) is 25.3 Å². The number of ether oxygens (including phenoxy) is 1. The van der Waals surface area contributed by atoms with Gasteiger partial charge in [0.1, 0.15) is 5.75 Å². The Morgan fingerprint density at radius 2 is 2.28 bits per heavy atom. The number of aliphatic carboxylic acids is 1. The van der Waals surface area contributed by atoms with Gasteiger partial charge in [-0.05, 0) is 53.5 Å². The van der Waals surface area contributed by atoms with Crippen LogP contribution >= 0.6 is 15.9 Å². The maximum absolute atomic E-state index is 10.5. The lowest BCUT2D eigenvalue weighted by Gasteiger charge is -2.17. The highest BCUT2D eigenvalue weighted by Crippen LogP contribution is 2.29. The van der Waals surface area contributed by atoms with Gasteiger partial charge >= 0.3 is 5.97 Å². The third-order valence-corrected chi connectivity index (χ3v) is 3.43. The fourth-order valence-corrected chi connectivity index (χ4v) is 2.39. The highest BCUT2D eigenvalue weighted by atomic mass is 79.9. The van der Waals surface area contributed by atoms with E-state index in [2.05, 4.69) is 21.2 Å². The molecular weight excluding hydrogens is 298 g/mol. The maximum atomic E-state index is 10.5. The van der Waals surface area contributed by atoms with E-state index in [9.17, 15) is 4.79 Å². The van der Waals surface area contributed by atoms with Crippen molar-refractivity contribution in [2.75, 3.05) is 14.2 Å². The molecule has 1 aromatic rings. The number of rotatable bonds is 7. The number of hydrogen-bond donors (Lipinski definition) is 2. The topological polar surface area (TPSA) is 58.6 Å². The quantitative estimate of drug-likeness (QED) is 0.812. The van der Waals surface area contributed by atoms with E-state index in [4.69, 9.17) is 9.84 Å². The summed E-state index contributed by atoms with van der Waals surface area (Å²) in [6, 6.07) is 6.05. The minimum Gasteiger partial charge on any atom is -0.496 e. The predicted octanol–water partition coefficient (Wildman–Crippen LogP) is 2.97. The van der Waals surface area contributed by atoms with Crippen LogP contribution in [0.2, 0.25) is 0 Å². The first-order chi connectivity index (χ1) is 8.58. The summed E-state index contributed by atoms with van der Waals surface area (Å²) >= 11 is 3.45. The zero-order valence-electron chi connectivity index (χ0n) is 10.6. The number of hydrogen-bond acceptors (Lipinski definition) is 3. The van der Waals surface area contributed by atoms with Crippen molar-refractivity contribution >= 4 is 21.9 Å². The van der Waals surface area contributed by atoms with E-state index >= 15 is 0 Å². The summed E-state index contributed by atoms with van der Waals surface area (Å²) in [6.07, 6.45) is 1.65. The van der Waals surface area contributed by atoms with Crippen molar-refractivity contribution in [3.8, 4) is 5.75 Å². The van der Waals surface area contributed by atoms with Crippen LogP contribution in [0.15, 0.2) is 22.7 Å². The van der Waals surface area contributed by atoms with Crippen LogP contribution < -0.4 is 10.1 Å². The third-order valence-electron chi connectivity index (χ3n) is 2.81. The zero-order chi connectivity index (χ0) is 13.5. The van der Waals surface area contributed by atoms with Gasteiger partial charge in [-0.1, -0.05) is 6.07 Å². The summed E-state index contributed by atoms with van der Waals surface area (Å²) in [5.74, 6) is 0.0416. The van der Waals surface area contributed by atoms with Gasteiger partial charge in [0, 0.05) is 12.5 Å². The highest BCUT2D eigenvalue weighted by molar-refractivity contribution is 9.10. The molecule has 18 heavy (non-hydrogen) atoms. The van der Waals surface area contributed by atoms with Crippen LogP contribution in [-0.2, 0) is 4.79 Å². The van der Waals surface area contributed by atoms with Crippen LogP contribution in [0, 0.1) is 0 Å². The van der Waals surface area contributed by atoms with Gasteiger partial charge in [-0.15, -0.1) is 0 Å². The summed E-state index contributed by atoms with van der Waals surface area (Å²) in [7, 11) is 3.51. The second-order valence-electron chi connectivity index (χ2n) is 4.02. The molecule has 1 rings (SSSR count). The average molecular weight is 316 g/mol. The lowest BCUT2D eigenvalue weighted by Crippen LogP contribution is -2.16. The third kappa shape index (κ3) is 4.31. The Hall–Kier alpha value is -1.07. The van der Waals surface area contributed by atoms with Crippen molar-refractivity contribution in [3.05, 3.63) is 28.2 Å². The van der Waals surface area contributed by atoms with Crippen LogP contribution in [0.4, 0.5) is 0 Å². The zero-order valence-corrected chi connectivity index (χ0v) is 12.2. The van der Waals surface area contributed by atoms with Crippen molar-refractivity contribution in [1.82, 2.24) is 5.32 Å². The summed E-state index contributed by atoms with van der Waals surface area (Å²) in [5, 5.41) is 11.8. The van der Waals surface area contributed by atoms with E-state index in [0.29, 0.717) is 6.42 Å². The van der Waals surface area contributed by atoms with Crippen LogP contribution in [0.5, 0.6) is 5.75 Å². The Morgan fingerprint density at radius 3 is 2.78 bits per heavy atom. The van der Waals surface area contributed by atoms with Crippen molar-refractivity contribution < 1.29 is 14.6 Å². The molecule has 0 aliphatic rings. The monoisotopic (exact) mass is 315 g/mol. The smallest absolute Gasteiger partial charge is 0.303 e. The van der Waals surface area contributed by atoms with Gasteiger partial charge in [0.15, 0.2) is 0 Å². The van der Waals surface area contributed by atoms with Gasteiger partial charge in [-0.25, -0.2) is 0 Å². The van der Waals surface area contributed by atoms with Crippen LogP contribution in [0.1, 0.15) is 30.9 Å². The Morgan fingerprint density at radius 1 is 1.56 bits per heavy atom. The fraction of sp³-hybridized carbons (Fsp3) is 0.462. The summed E-state index contributed by atoms with van der Waals surface area (Å²) in [6.45, 7) is 0. The number of carboxylic acid groups (broad SMARTS) is 1. The van der Waals surface area contributed by atoms with Gasteiger partial charge < -0.3 is 15.2 Å². The molecule has 0 heterocycles. The first kappa shape index (κ1) is 15.0. The molecule has 0 amide bonds. The molecule has 0 fully saturated rings. The van der Waals surface area contributed by atoms with Crippen molar-refractivity contribution in [2.24, 2.45) is 0 Å². The molecule has 1 aromatic carbocycles. The molecule has 0 saturated heterocycles. The number of carboxylic acids is 1. The Kier molecular flexibility index (Phi) is 6.15. The largest absolute Gasteiger partial charge is 0.496 e. The molecule has 2 N–H and O–H groups in total. The Bertz CT molecular complexity index is 409. The summed E-state index contributed by atoms with van der Waals surface area (Å²) in [5.41, 5.74) is 1.12. The van der Waals surface area contributed by atoms with Crippen LogP contribution in [0.3, 0.4) is 0 Å². The SMILES string of the molecule is CNC(CCCC(=O)O)c1ccc(OC)c(Br)c1. The first-order valence-corrected chi connectivity index (χ1v) is 6.60. The molecule has 0 bridgehead atoms. The second kappa shape index (κ2) is 7.38. The van der Waals surface area contributed by atoms with Crippen molar-refractivity contribution in [3.63, 3.8) is 0 Å². The Balaban J connectivity index is 2.69. The lowest BCUT2D eigenvalue weighted by atomic mass is 10.0. The van der Waals surface area contributed by atoms with Gasteiger partial charge in [-0.3, -0.25) is 4.79 Å². The number of halogens is 1. The van der Waals surface area contributed by atoms with E-state index in [-0.39, 0.29) is 12.5 Å². The normalized spacial score (nSPS) is 12.2. The molecule has 1 unspecified atom stereocenters. The van der Waals surface area contributed by atoms with E-state index in [1.54, 1.807) is 7.11 Å². The average Bonchev–Trinajstić information content (AvgIpc) is 2.34.